The summed E-state index contributed by atoms with van der Waals surface area (Å²) in [4.78, 5) is 14.2. The molecule has 116 valence electrons. The SMILES string of the molecule is Cc1noc2c1CCN(C(=O)C(C)Oc1ccc(Cl)cc1)C2. The van der Waals surface area contributed by atoms with E-state index in [-0.39, 0.29) is 5.91 Å². The standard InChI is InChI=1S/C16H17ClN2O3/c1-10-14-7-8-19(9-15(14)22-18-10)16(20)11(2)21-13-5-3-12(17)4-6-13/h3-6,11H,7-9H2,1-2H3. The normalized spacial score (nSPS) is 15.3. The number of benzene rings is 1. The van der Waals surface area contributed by atoms with Gasteiger partial charge in [-0.3, -0.25) is 4.79 Å². The van der Waals surface area contributed by atoms with E-state index in [1.165, 1.54) is 0 Å². The van der Waals surface area contributed by atoms with Crippen molar-refractivity contribution in [2.75, 3.05) is 6.54 Å². The number of ether oxygens (including phenoxy) is 1. The summed E-state index contributed by atoms with van der Waals surface area (Å²) in [5.74, 6) is 1.34. The molecule has 0 N–H and O–H groups in total. The van der Waals surface area contributed by atoms with Crippen LogP contribution in [0.25, 0.3) is 0 Å². The fourth-order valence-corrected chi connectivity index (χ4v) is 2.72. The first-order valence-corrected chi connectivity index (χ1v) is 7.57. The molecule has 0 aliphatic carbocycles. The Bertz CT molecular complexity index is 681. The molecule has 0 saturated heterocycles. The molecule has 2 heterocycles. The van der Waals surface area contributed by atoms with Crippen LogP contribution in [-0.2, 0) is 17.8 Å². The van der Waals surface area contributed by atoms with Crippen molar-refractivity contribution in [3.63, 3.8) is 0 Å². The Labute approximate surface area is 133 Å². The smallest absolute Gasteiger partial charge is 0.263 e. The van der Waals surface area contributed by atoms with Gasteiger partial charge in [-0.1, -0.05) is 16.8 Å². The second-order valence-electron chi connectivity index (χ2n) is 5.39. The minimum atomic E-state index is -0.563. The number of carbonyl (C=O) groups excluding carboxylic acids is 1. The molecule has 1 aromatic heterocycles. The van der Waals surface area contributed by atoms with Gasteiger partial charge < -0.3 is 14.2 Å². The number of halogens is 1. The topological polar surface area (TPSA) is 55.6 Å². The fraction of sp³-hybridized carbons (Fsp3) is 0.375. The maximum absolute atomic E-state index is 12.5. The number of nitrogens with zero attached hydrogens (tertiary/aromatic N) is 2. The molecule has 6 heteroatoms. The van der Waals surface area contributed by atoms with Crippen molar-refractivity contribution in [1.29, 1.82) is 0 Å². The highest BCUT2D eigenvalue weighted by Crippen LogP contribution is 2.23. The highest BCUT2D eigenvalue weighted by atomic mass is 35.5. The van der Waals surface area contributed by atoms with Gasteiger partial charge in [0.2, 0.25) is 0 Å². The first-order chi connectivity index (χ1) is 10.5. The molecule has 5 nitrogen and oxygen atoms in total. The molecular weight excluding hydrogens is 304 g/mol. The second-order valence-corrected chi connectivity index (χ2v) is 5.83. The molecule has 1 aromatic carbocycles. The third kappa shape index (κ3) is 2.95. The van der Waals surface area contributed by atoms with Crippen molar-refractivity contribution in [1.82, 2.24) is 10.1 Å². The highest BCUT2D eigenvalue weighted by molar-refractivity contribution is 6.30. The van der Waals surface area contributed by atoms with E-state index < -0.39 is 6.10 Å². The van der Waals surface area contributed by atoms with E-state index in [0.29, 0.717) is 23.9 Å². The van der Waals surface area contributed by atoms with Crippen LogP contribution in [-0.4, -0.2) is 28.6 Å². The molecule has 3 rings (SSSR count). The van der Waals surface area contributed by atoms with E-state index in [1.807, 2.05) is 6.92 Å². The number of hydrogen-bond donors (Lipinski definition) is 0. The molecule has 22 heavy (non-hydrogen) atoms. The predicted octanol–water partition coefficient (Wildman–Crippen LogP) is 2.99. The monoisotopic (exact) mass is 320 g/mol. The summed E-state index contributed by atoms with van der Waals surface area (Å²) in [7, 11) is 0. The molecule has 2 aromatic rings. The van der Waals surface area contributed by atoms with Gasteiger partial charge in [-0.15, -0.1) is 0 Å². The van der Waals surface area contributed by atoms with Gasteiger partial charge in [-0.2, -0.15) is 0 Å². The largest absolute Gasteiger partial charge is 0.481 e. The molecule has 1 amide bonds. The third-order valence-corrected chi connectivity index (χ3v) is 4.07. The minimum absolute atomic E-state index is 0.0605. The minimum Gasteiger partial charge on any atom is -0.481 e. The molecule has 0 spiro atoms. The molecule has 1 aliphatic heterocycles. The van der Waals surface area contributed by atoms with E-state index in [9.17, 15) is 4.79 Å². The van der Waals surface area contributed by atoms with Crippen molar-refractivity contribution >= 4 is 17.5 Å². The number of aryl methyl sites for hydroxylation is 1. The Balaban J connectivity index is 1.65. The van der Waals surface area contributed by atoms with Gasteiger partial charge in [0.05, 0.1) is 12.2 Å². The first-order valence-electron chi connectivity index (χ1n) is 7.19. The van der Waals surface area contributed by atoms with Gasteiger partial charge in [0.25, 0.3) is 5.91 Å². The molecule has 0 saturated carbocycles. The summed E-state index contributed by atoms with van der Waals surface area (Å²) < 4.78 is 11.0. The Kier molecular flexibility index (Phi) is 4.07. The molecule has 0 fully saturated rings. The quantitative estimate of drug-likeness (QED) is 0.872. The lowest BCUT2D eigenvalue weighted by atomic mass is 10.1. The summed E-state index contributed by atoms with van der Waals surface area (Å²) in [6, 6.07) is 6.97. The number of hydrogen-bond acceptors (Lipinski definition) is 4. The number of carbonyl (C=O) groups is 1. The lowest BCUT2D eigenvalue weighted by molar-refractivity contribution is -0.139. The van der Waals surface area contributed by atoms with Crippen LogP contribution in [0.3, 0.4) is 0 Å². The van der Waals surface area contributed by atoms with Gasteiger partial charge in [-0.05, 0) is 44.5 Å². The van der Waals surface area contributed by atoms with Crippen molar-refractivity contribution in [3.05, 3.63) is 46.3 Å². The Morgan fingerprint density at radius 1 is 1.41 bits per heavy atom. The summed E-state index contributed by atoms with van der Waals surface area (Å²) in [5.41, 5.74) is 2.03. The highest BCUT2D eigenvalue weighted by Gasteiger charge is 2.29. The zero-order valence-corrected chi connectivity index (χ0v) is 13.3. The van der Waals surface area contributed by atoms with Gasteiger partial charge in [0, 0.05) is 17.1 Å². The zero-order chi connectivity index (χ0) is 15.7. The van der Waals surface area contributed by atoms with Crippen LogP contribution in [0.4, 0.5) is 0 Å². The Morgan fingerprint density at radius 2 is 2.14 bits per heavy atom. The van der Waals surface area contributed by atoms with E-state index in [0.717, 1.165) is 23.4 Å². The predicted molar refractivity (Wildman–Crippen MR) is 81.9 cm³/mol. The van der Waals surface area contributed by atoms with Crippen LogP contribution in [0, 0.1) is 6.92 Å². The van der Waals surface area contributed by atoms with Crippen LogP contribution in [0.1, 0.15) is 23.9 Å². The summed E-state index contributed by atoms with van der Waals surface area (Å²) in [6.45, 7) is 4.77. The van der Waals surface area contributed by atoms with E-state index >= 15 is 0 Å². The van der Waals surface area contributed by atoms with Crippen molar-refractivity contribution in [3.8, 4) is 5.75 Å². The van der Waals surface area contributed by atoms with Crippen LogP contribution < -0.4 is 4.74 Å². The summed E-state index contributed by atoms with van der Waals surface area (Å²) >= 11 is 5.84. The summed E-state index contributed by atoms with van der Waals surface area (Å²) in [6.07, 6.45) is 0.205. The maximum atomic E-state index is 12.5. The maximum Gasteiger partial charge on any atom is 0.263 e. The average molecular weight is 321 g/mol. The fourth-order valence-electron chi connectivity index (χ4n) is 2.59. The zero-order valence-electron chi connectivity index (χ0n) is 12.5. The van der Waals surface area contributed by atoms with Crippen molar-refractivity contribution < 1.29 is 14.1 Å². The average Bonchev–Trinajstić information content (AvgIpc) is 2.89. The van der Waals surface area contributed by atoms with Crippen LogP contribution >= 0.6 is 11.6 Å². The van der Waals surface area contributed by atoms with E-state index in [2.05, 4.69) is 5.16 Å². The van der Waals surface area contributed by atoms with E-state index in [4.69, 9.17) is 20.9 Å². The Morgan fingerprint density at radius 3 is 2.86 bits per heavy atom. The number of fused-ring (bicyclic) bond motifs is 1. The van der Waals surface area contributed by atoms with Crippen LogP contribution in [0.5, 0.6) is 5.75 Å². The van der Waals surface area contributed by atoms with Crippen LogP contribution in [0.2, 0.25) is 5.02 Å². The second kappa shape index (κ2) is 6.01. The molecular formula is C16H17ClN2O3. The Hall–Kier alpha value is -2.01. The lowest BCUT2D eigenvalue weighted by Crippen LogP contribution is -2.43. The van der Waals surface area contributed by atoms with Gasteiger partial charge in [0.1, 0.15) is 5.75 Å². The summed E-state index contributed by atoms with van der Waals surface area (Å²) in [5, 5.41) is 4.59. The lowest BCUT2D eigenvalue weighted by Gasteiger charge is -2.28. The molecule has 0 radical (unpaired) electrons. The number of rotatable bonds is 3. The number of amides is 1. The van der Waals surface area contributed by atoms with Crippen molar-refractivity contribution in [2.45, 2.75) is 32.9 Å². The van der Waals surface area contributed by atoms with Gasteiger partial charge >= 0.3 is 0 Å². The molecule has 1 unspecified atom stereocenters. The van der Waals surface area contributed by atoms with Gasteiger partial charge in [0.15, 0.2) is 11.9 Å². The molecule has 0 bridgehead atoms. The van der Waals surface area contributed by atoms with Crippen LogP contribution in [0.15, 0.2) is 28.8 Å². The first kappa shape index (κ1) is 14.9. The van der Waals surface area contributed by atoms with E-state index in [1.54, 1.807) is 36.1 Å². The number of aromatic nitrogens is 1. The van der Waals surface area contributed by atoms with Gasteiger partial charge in [-0.25, -0.2) is 0 Å². The van der Waals surface area contributed by atoms with Crippen molar-refractivity contribution in [2.24, 2.45) is 0 Å². The molecule has 1 aliphatic rings. The third-order valence-electron chi connectivity index (χ3n) is 3.82. The molecule has 1 atom stereocenters.